The minimum atomic E-state index is -0.549. The van der Waals surface area contributed by atoms with Crippen LogP contribution < -0.4 is 5.32 Å². The molecule has 1 saturated heterocycles. The van der Waals surface area contributed by atoms with Gasteiger partial charge in [-0.15, -0.1) is 0 Å². The summed E-state index contributed by atoms with van der Waals surface area (Å²) in [7, 11) is 1.98. The number of ether oxygens (including phenoxy) is 1. The standard InChI is InChI=1S/C17H27N3O3/c1-13-9-23-12-17(11-21,19(13)2)10-18-16(22)14-7-15-5-3-4-6-20(15)8-14/h7-8,13,21H,3-6,9-12H2,1-2H3,(H,18,22)/t13-,17+/m1/s1. The summed E-state index contributed by atoms with van der Waals surface area (Å²) in [6.45, 7) is 4.48. The van der Waals surface area contributed by atoms with E-state index in [-0.39, 0.29) is 18.6 Å². The van der Waals surface area contributed by atoms with Crippen molar-refractivity contribution < 1.29 is 14.6 Å². The smallest absolute Gasteiger partial charge is 0.252 e. The Morgan fingerprint density at radius 2 is 2.35 bits per heavy atom. The molecule has 2 aliphatic heterocycles. The van der Waals surface area contributed by atoms with Crippen molar-refractivity contribution in [3.05, 3.63) is 23.5 Å². The number of aromatic nitrogens is 1. The van der Waals surface area contributed by atoms with Crippen LogP contribution in [0.15, 0.2) is 12.3 Å². The van der Waals surface area contributed by atoms with E-state index in [1.54, 1.807) is 0 Å². The fraction of sp³-hybridized carbons (Fsp3) is 0.706. The second-order valence-electron chi connectivity index (χ2n) is 6.91. The fourth-order valence-corrected chi connectivity index (χ4v) is 3.52. The van der Waals surface area contributed by atoms with Crippen molar-refractivity contribution in [3.63, 3.8) is 0 Å². The van der Waals surface area contributed by atoms with Crippen LogP contribution in [0.4, 0.5) is 0 Å². The first kappa shape index (κ1) is 16.5. The van der Waals surface area contributed by atoms with Gasteiger partial charge in [0.15, 0.2) is 0 Å². The van der Waals surface area contributed by atoms with Gasteiger partial charge in [-0.1, -0.05) is 0 Å². The molecule has 0 unspecified atom stereocenters. The summed E-state index contributed by atoms with van der Waals surface area (Å²) in [5, 5.41) is 12.9. The fourth-order valence-electron chi connectivity index (χ4n) is 3.52. The Morgan fingerprint density at radius 1 is 1.52 bits per heavy atom. The van der Waals surface area contributed by atoms with E-state index < -0.39 is 5.54 Å². The van der Waals surface area contributed by atoms with E-state index in [1.807, 2.05) is 19.3 Å². The van der Waals surface area contributed by atoms with Crippen molar-refractivity contribution in [1.29, 1.82) is 0 Å². The Balaban J connectivity index is 1.66. The molecule has 0 spiro atoms. The maximum atomic E-state index is 12.5. The Bertz CT molecular complexity index is 548. The van der Waals surface area contributed by atoms with Gasteiger partial charge in [0, 0.05) is 31.0 Å². The molecule has 1 amide bonds. The number of aliphatic hydroxyl groups is 1. The maximum absolute atomic E-state index is 12.5. The number of fused-ring (bicyclic) bond motifs is 1. The van der Waals surface area contributed by atoms with Crippen molar-refractivity contribution in [2.75, 3.05) is 33.4 Å². The third-order valence-electron chi connectivity index (χ3n) is 5.34. The normalized spacial score (nSPS) is 28.4. The minimum Gasteiger partial charge on any atom is -0.394 e. The number of nitrogens with one attached hydrogen (secondary N) is 1. The largest absolute Gasteiger partial charge is 0.394 e. The van der Waals surface area contributed by atoms with Crippen LogP contribution in [0.25, 0.3) is 0 Å². The van der Waals surface area contributed by atoms with Gasteiger partial charge in [-0.25, -0.2) is 0 Å². The molecule has 0 bridgehead atoms. The van der Waals surface area contributed by atoms with Gasteiger partial charge in [0.25, 0.3) is 5.91 Å². The van der Waals surface area contributed by atoms with Crippen LogP contribution in [0.1, 0.15) is 35.8 Å². The van der Waals surface area contributed by atoms with Gasteiger partial charge in [-0.2, -0.15) is 0 Å². The zero-order chi connectivity index (χ0) is 16.4. The number of carbonyl (C=O) groups excluding carboxylic acids is 1. The van der Waals surface area contributed by atoms with Crippen molar-refractivity contribution in [3.8, 4) is 0 Å². The molecule has 6 heteroatoms. The zero-order valence-corrected chi connectivity index (χ0v) is 14.0. The minimum absolute atomic E-state index is 0.0413. The molecule has 0 radical (unpaired) electrons. The number of morpholine rings is 1. The molecule has 0 saturated carbocycles. The van der Waals surface area contributed by atoms with Gasteiger partial charge in [0.05, 0.1) is 30.9 Å². The molecule has 23 heavy (non-hydrogen) atoms. The number of rotatable bonds is 4. The lowest BCUT2D eigenvalue weighted by Crippen LogP contribution is -2.65. The van der Waals surface area contributed by atoms with Crippen molar-refractivity contribution in [1.82, 2.24) is 14.8 Å². The topological polar surface area (TPSA) is 66.7 Å². The highest BCUT2D eigenvalue weighted by Crippen LogP contribution is 2.22. The Kier molecular flexibility index (Phi) is 4.75. The van der Waals surface area contributed by atoms with E-state index in [4.69, 9.17) is 4.74 Å². The number of carbonyl (C=O) groups is 1. The Labute approximate surface area is 137 Å². The van der Waals surface area contributed by atoms with Crippen LogP contribution in [-0.2, 0) is 17.7 Å². The van der Waals surface area contributed by atoms with E-state index in [9.17, 15) is 9.90 Å². The van der Waals surface area contributed by atoms with Crippen molar-refractivity contribution >= 4 is 5.91 Å². The molecular formula is C17H27N3O3. The summed E-state index contributed by atoms with van der Waals surface area (Å²) in [4.78, 5) is 14.6. The van der Waals surface area contributed by atoms with E-state index in [0.717, 1.165) is 13.0 Å². The average Bonchev–Trinajstić information content (AvgIpc) is 3.00. The number of hydrogen-bond acceptors (Lipinski definition) is 4. The van der Waals surface area contributed by atoms with Gasteiger partial charge >= 0.3 is 0 Å². The van der Waals surface area contributed by atoms with Crippen LogP contribution in [0.3, 0.4) is 0 Å². The quantitative estimate of drug-likeness (QED) is 0.854. The van der Waals surface area contributed by atoms with Crippen molar-refractivity contribution in [2.24, 2.45) is 0 Å². The molecule has 3 rings (SSSR count). The van der Waals surface area contributed by atoms with Crippen LogP contribution in [-0.4, -0.2) is 65.5 Å². The van der Waals surface area contributed by atoms with E-state index in [1.165, 1.54) is 18.5 Å². The first-order chi connectivity index (χ1) is 11.1. The predicted octanol–water partition coefficient (Wildman–Crippen LogP) is 0.636. The molecule has 1 aromatic heterocycles. The molecule has 1 aromatic rings. The third kappa shape index (κ3) is 3.16. The lowest BCUT2D eigenvalue weighted by Gasteiger charge is -2.47. The van der Waals surface area contributed by atoms with Crippen LogP contribution in [0, 0.1) is 0 Å². The third-order valence-corrected chi connectivity index (χ3v) is 5.34. The zero-order valence-electron chi connectivity index (χ0n) is 14.0. The molecule has 0 aromatic carbocycles. The molecule has 2 N–H and O–H groups in total. The van der Waals surface area contributed by atoms with Crippen LogP contribution in [0.5, 0.6) is 0 Å². The molecule has 2 aliphatic rings. The summed E-state index contributed by atoms with van der Waals surface area (Å²) < 4.78 is 7.78. The van der Waals surface area contributed by atoms with E-state index in [0.29, 0.717) is 25.3 Å². The molecule has 128 valence electrons. The first-order valence-electron chi connectivity index (χ1n) is 8.44. The predicted molar refractivity (Wildman–Crippen MR) is 87.6 cm³/mol. The SMILES string of the molecule is C[C@@H]1COC[C@@](CO)(CNC(=O)c2cc3n(c2)CCCC3)N1C. The number of aliphatic hydroxyl groups excluding tert-OH is 1. The maximum Gasteiger partial charge on any atom is 0.252 e. The van der Waals surface area contributed by atoms with Gasteiger partial charge in [0.2, 0.25) is 0 Å². The summed E-state index contributed by atoms with van der Waals surface area (Å²) >= 11 is 0. The lowest BCUT2D eigenvalue weighted by molar-refractivity contribution is -0.105. The summed E-state index contributed by atoms with van der Waals surface area (Å²) in [6, 6.07) is 2.21. The number of amides is 1. The molecule has 3 heterocycles. The highest BCUT2D eigenvalue weighted by atomic mass is 16.5. The monoisotopic (exact) mass is 321 g/mol. The molecule has 0 aliphatic carbocycles. The molecule has 6 nitrogen and oxygen atoms in total. The van der Waals surface area contributed by atoms with Gasteiger partial charge in [-0.05, 0) is 39.3 Å². The molecule has 1 fully saturated rings. The second-order valence-corrected chi connectivity index (χ2v) is 6.91. The summed E-state index contributed by atoms with van der Waals surface area (Å²) in [5.74, 6) is -0.0775. The second kappa shape index (κ2) is 6.63. The highest BCUT2D eigenvalue weighted by Gasteiger charge is 2.40. The first-order valence-corrected chi connectivity index (χ1v) is 8.44. The van der Waals surface area contributed by atoms with E-state index in [2.05, 4.69) is 21.7 Å². The number of hydrogen-bond donors (Lipinski definition) is 2. The van der Waals surface area contributed by atoms with Gasteiger partial charge < -0.3 is 19.7 Å². The van der Waals surface area contributed by atoms with Gasteiger partial charge in [0.1, 0.15) is 0 Å². The average molecular weight is 321 g/mol. The highest BCUT2D eigenvalue weighted by molar-refractivity contribution is 5.94. The Hall–Kier alpha value is -1.37. The molecular weight excluding hydrogens is 294 g/mol. The van der Waals surface area contributed by atoms with Crippen LogP contribution >= 0.6 is 0 Å². The molecule has 2 atom stereocenters. The van der Waals surface area contributed by atoms with Crippen LogP contribution in [0.2, 0.25) is 0 Å². The lowest BCUT2D eigenvalue weighted by atomic mass is 9.96. The summed E-state index contributed by atoms with van der Waals surface area (Å²) in [5.41, 5.74) is 1.40. The number of aryl methyl sites for hydroxylation is 2. The number of likely N-dealkylation sites (N-methyl/N-ethyl adjacent to an activating group) is 1. The summed E-state index contributed by atoms with van der Waals surface area (Å²) in [6.07, 6.45) is 5.36. The van der Waals surface area contributed by atoms with E-state index >= 15 is 0 Å². The van der Waals surface area contributed by atoms with Crippen molar-refractivity contribution in [2.45, 2.75) is 44.3 Å². The van der Waals surface area contributed by atoms with Gasteiger partial charge in [-0.3, -0.25) is 9.69 Å². The number of nitrogens with zero attached hydrogens (tertiary/aromatic N) is 2. The Morgan fingerprint density at radius 3 is 3.09 bits per heavy atom.